The van der Waals surface area contributed by atoms with E-state index in [-0.39, 0.29) is 5.91 Å². The van der Waals surface area contributed by atoms with Crippen molar-refractivity contribution in [2.45, 2.75) is 12.8 Å². The van der Waals surface area contributed by atoms with E-state index in [9.17, 15) is 4.79 Å². The minimum Gasteiger partial charge on any atom is -0.497 e. The van der Waals surface area contributed by atoms with Gasteiger partial charge in [0.25, 0.3) is 0 Å². The third-order valence-corrected chi connectivity index (χ3v) is 3.79. The molecule has 2 aromatic rings. The van der Waals surface area contributed by atoms with Crippen molar-refractivity contribution < 1.29 is 9.53 Å². The smallest absolute Gasteiger partial charge is 0.243 e. The Kier molecular flexibility index (Phi) is 6.70. The fourth-order valence-corrected chi connectivity index (χ4v) is 2.37. The Morgan fingerprint density at radius 2 is 1.91 bits per heavy atom. The molecule has 3 nitrogen and oxygen atoms in total. The SMILES string of the molecule is COc1ccc(/C=C/C(=O)NCCCc2ccccc2Cl)cc1. The van der Waals surface area contributed by atoms with Crippen LogP contribution in [0.15, 0.2) is 54.6 Å². The number of carbonyl (C=O) groups excluding carboxylic acids is 1. The van der Waals surface area contributed by atoms with Crippen molar-refractivity contribution in [1.29, 1.82) is 0 Å². The summed E-state index contributed by atoms with van der Waals surface area (Å²) in [7, 11) is 1.63. The second-order valence-electron chi connectivity index (χ2n) is 5.09. The van der Waals surface area contributed by atoms with Crippen LogP contribution in [0.2, 0.25) is 5.02 Å². The molecular formula is C19H20ClNO2. The number of benzene rings is 2. The van der Waals surface area contributed by atoms with Crippen LogP contribution in [0.4, 0.5) is 0 Å². The van der Waals surface area contributed by atoms with Gasteiger partial charge in [-0.2, -0.15) is 0 Å². The largest absolute Gasteiger partial charge is 0.497 e. The van der Waals surface area contributed by atoms with E-state index in [0.717, 1.165) is 34.7 Å². The Morgan fingerprint density at radius 1 is 1.17 bits per heavy atom. The van der Waals surface area contributed by atoms with E-state index in [1.165, 1.54) is 6.08 Å². The third kappa shape index (κ3) is 5.80. The monoisotopic (exact) mass is 329 g/mol. The number of halogens is 1. The van der Waals surface area contributed by atoms with Crippen LogP contribution in [-0.4, -0.2) is 19.6 Å². The van der Waals surface area contributed by atoms with E-state index in [1.807, 2.05) is 48.5 Å². The molecule has 0 spiro atoms. The van der Waals surface area contributed by atoms with Gasteiger partial charge in [0, 0.05) is 17.6 Å². The predicted octanol–water partition coefficient (Wildman–Crippen LogP) is 4.11. The molecule has 0 saturated heterocycles. The summed E-state index contributed by atoms with van der Waals surface area (Å²) in [5, 5.41) is 3.65. The molecule has 0 unspecified atom stereocenters. The highest BCUT2D eigenvalue weighted by molar-refractivity contribution is 6.31. The zero-order valence-corrected chi connectivity index (χ0v) is 13.8. The fourth-order valence-electron chi connectivity index (χ4n) is 2.14. The molecule has 0 fully saturated rings. The van der Waals surface area contributed by atoms with Crippen LogP contribution < -0.4 is 10.1 Å². The van der Waals surface area contributed by atoms with Gasteiger partial charge in [0.1, 0.15) is 5.75 Å². The minimum atomic E-state index is -0.0972. The maximum absolute atomic E-state index is 11.8. The number of ether oxygens (including phenoxy) is 1. The number of nitrogens with one attached hydrogen (secondary N) is 1. The number of methoxy groups -OCH3 is 1. The number of rotatable bonds is 7. The van der Waals surface area contributed by atoms with Gasteiger partial charge in [0.05, 0.1) is 7.11 Å². The lowest BCUT2D eigenvalue weighted by Crippen LogP contribution is -2.22. The van der Waals surface area contributed by atoms with Crippen LogP contribution in [0.25, 0.3) is 6.08 Å². The average Bonchev–Trinajstić information content (AvgIpc) is 2.59. The second kappa shape index (κ2) is 9.01. The number of amides is 1. The topological polar surface area (TPSA) is 38.3 Å². The Balaban J connectivity index is 1.72. The molecule has 0 atom stereocenters. The Hall–Kier alpha value is -2.26. The molecule has 2 aromatic carbocycles. The van der Waals surface area contributed by atoms with Crippen molar-refractivity contribution >= 4 is 23.6 Å². The zero-order valence-electron chi connectivity index (χ0n) is 13.1. The van der Waals surface area contributed by atoms with Gasteiger partial charge in [0.2, 0.25) is 5.91 Å². The van der Waals surface area contributed by atoms with E-state index in [2.05, 4.69) is 5.32 Å². The molecule has 0 radical (unpaired) electrons. The molecule has 0 aliphatic heterocycles. The quantitative estimate of drug-likeness (QED) is 0.613. The van der Waals surface area contributed by atoms with Gasteiger partial charge in [0.15, 0.2) is 0 Å². The minimum absolute atomic E-state index is 0.0972. The van der Waals surface area contributed by atoms with Crippen LogP contribution in [0, 0.1) is 0 Å². The predicted molar refractivity (Wildman–Crippen MR) is 94.8 cm³/mol. The Morgan fingerprint density at radius 3 is 2.61 bits per heavy atom. The first kappa shape index (κ1) is 17.1. The summed E-state index contributed by atoms with van der Waals surface area (Å²) in [5.41, 5.74) is 2.06. The number of aryl methyl sites for hydroxylation is 1. The van der Waals surface area contributed by atoms with Crippen molar-refractivity contribution in [2.24, 2.45) is 0 Å². The first-order valence-corrected chi connectivity index (χ1v) is 7.90. The summed E-state index contributed by atoms with van der Waals surface area (Å²) < 4.78 is 5.09. The zero-order chi connectivity index (χ0) is 16.5. The molecule has 0 aliphatic carbocycles. The standard InChI is InChI=1S/C19H20ClNO2/c1-23-17-11-8-15(9-12-17)10-13-19(22)21-14-4-6-16-5-2-3-7-18(16)20/h2-3,5,7-13H,4,6,14H2,1H3,(H,21,22)/b13-10+. The van der Waals surface area contributed by atoms with E-state index in [1.54, 1.807) is 13.2 Å². The summed E-state index contributed by atoms with van der Waals surface area (Å²) in [6.45, 7) is 0.622. The van der Waals surface area contributed by atoms with Crippen LogP contribution in [0.5, 0.6) is 5.75 Å². The average molecular weight is 330 g/mol. The van der Waals surface area contributed by atoms with Gasteiger partial charge < -0.3 is 10.1 Å². The lowest BCUT2D eigenvalue weighted by molar-refractivity contribution is -0.116. The highest BCUT2D eigenvalue weighted by Gasteiger charge is 2.00. The molecule has 0 aromatic heterocycles. The van der Waals surface area contributed by atoms with E-state index in [4.69, 9.17) is 16.3 Å². The number of hydrogen-bond donors (Lipinski definition) is 1. The first-order valence-electron chi connectivity index (χ1n) is 7.52. The summed E-state index contributed by atoms with van der Waals surface area (Å²) in [6.07, 6.45) is 5.02. The van der Waals surface area contributed by atoms with E-state index in [0.29, 0.717) is 6.54 Å². The molecule has 4 heteroatoms. The maximum atomic E-state index is 11.8. The van der Waals surface area contributed by atoms with Gasteiger partial charge in [-0.15, -0.1) is 0 Å². The van der Waals surface area contributed by atoms with Gasteiger partial charge >= 0.3 is 0 Å². The fraction of sp³-hybridized carbons (Fsp3) is 0.211. The molecule has 1 N–H and O–H groups in total. The summed E-state index contributed by atoms with van der Waals surface area (Å²) in [4.78, 5) is 11.8. The number of carbonyl (C=O) groups is 1. The third-order valence-electron chi connectivity index (χ3n) is 3.42. The van der Waals surface area contributed by atoms with Gasteiger partial charge in [-0.1, -0.05) is 41.9 Å². The first-order chi connectivity index (χ1) is 11.2. The van der Waals surface area contributed by atoms with Crippen molar-refractivity contribution in [3.05, 3.63) is 70.8 Å². The van der Waals surface area contributed by atoms with Crippen LogP contribution in [-0.2, 0) is 11.2 Å². The Bertz CT molecular complexity index is 665. The van der Waals surface area contributed by atoms with Crippen molar-refractivity contribution in [1.82, 2.24) is 5.32 Å². The van der Waals surface area contributed by atoms with Crippen molar-refractivity contribution in [2.75, 3.05) is 13.7 Å². The van der Waals surface area contributed by atoms with Gasteiger partial charge in [-0.05, 0) is 48.2 Å². The molecule has 0 saturated carbocycles. The van der Waals surface area contributed by atoms with Crippen molar-refractivity contribution in [3.63, 3.8) is 0 Å². The summed E-state index contributed by atoms with van der Waals surface area (Å²) in [5.74, 6) is 0.700. The van der Waals surface area contributed by atoms with Gasteiger partial charge in [-0.25, -0.2) is 0 Å². The lowest BCUT2D eigenvalue weighted by atomic mass is 10.1. The summed E-state index contributed by atoms with van der Waals surface area (Å²) in [6, 6.07) is 15.3. The Labute approximate surface area is 141 Å². The van der Waals surface area contributed by atoms with Crippen LogP contribution in [0.3, 0.4) is 0 Å². The number of hydrogen-bond acceptors (Lipinski definition) is 2. The molecule has 0 aliphatic rings. The second-order valence-corrected chi connectivity index (χ2v) is 5.50. The van der Waals surface area contributed by atoms with E-state index >= 15 is 0 Å². The van der Waals surface area contributed by atoms with E-state index < -0.39 is 0 Å². The maximum Gasteiger partial charge on any atom is 0.243 e. The molecule has 0 bridgehead atoms. The molecule has 1 amide bonds. The molecular weight excluding hydrogens is 310 g/mol. The highest BCUT2D eigenvalue weighted by Crippen LogP contribution is 2.16. The normalized spacial score (nSPS) is 10.7. The van der Waals surface area contributed by atoms with Gasteiger partial charge in [-0.3, -0.25) is 4.79 Å². The molecule has 0 heterocycles. The van der Waals surface area contributed by atoms with Crippen LogP contribution >= 0.6 is 11.6 Å². The lowest BCUT2D eigenvalue weighted by Gasteiger charge is -2.04. The summed E-state index contributed by atoms with van der Waals surface area (Å²) >= 11 is 6.10. The van der Waals surface area contributed by atoms with Crippen LogP contribution in [0.1, 0.15) is 17.5 Å². The molecule has 23 heavy (non-hydrogen) atoms. The van der Waals surface area contributed by atoms with Crippen molar-refractivity contribution in [3.8, 4) is 5.75 Å². The highest BCUT2D eigenvalue weighted by atomic mass is 35.5. The molecule has 2 rings (SSSR count). The molecule has 120 valence electrons.